The van der Waals surface area contributed by atoms with Crippen LogP contribution in [0, 0.1) is 0 Å². The van der Waals surface area contributed by atoms with E-state index < -0.39 is 0 Å². The number of para-hydroxylation sites is 2. The monoisotopic (exact) mass is 397 g/mol. The van der Waals surface area contributed by atoms with Crippen LogP contribution in [0.15, 0.2) is 83.4 Å². The van der Waals surface area contributed by atoms with Crippen LogP contribution in [0.3, 0.4) is 0 Å². The van der Waals surface area contributed by atoms with E-state index in [1.54, 1.807) is 0 Å². The van der Waals surface area contributed by atoms with Crippen molar-refractivity contribution in [3.63, 3.8) is 0 Å². The Morgan fingerprint density at radius 2 is 1.42 bits per heavy atom. The minimum atomic E-state index is 0.421. The van der Waals surface area contributed by atoms with Crippen LogP contribution in [0.25, 0.3) is 38.1 Å². The fraction of sp³-hybridized carbons (Fsp3) is 0.0833. The number of fused-ring (bicyclic) bond motifs is 6. The van der Waals surface area contributed by atoms with E-state index in [1.807, 2.05) is 0 Å². The van der Waals surface area contributed by atoms with E-state index in [9.17, 15) is 0 Å². The predicted molar refractivity (Wildman–Crippen MR) is 115 cm³/mol. The largest absolute Gasteiger partial charge is 0.308 e. The van der Waals surface area contributed by atoms with E-state index in [0.29, 0.717) is 5.92 Å². The van der Waals surface area contributed by atoms with Gasteiger partial charge >= 0.3 is 0 Å². The van der Waals surface area contributed by atoms with E-state index in [4.69, 9.17) is 0 Å². The molecule has 1 aliphatic carbocycles. The van der Waals surface area contributed by atoms with Crippen LogP contribution in [0.4, 0.5) is 0 Å². The number of hydrogen-bond acceptors (Lipinski definition) is 0. The molecule has 26 heavy (non-hydrogen) atoms. The molecule has 0 aliphatic heterocycles. The molecule has 0 bridgehead atoms. The van der Waals surface area contributed by atoms with Gasteiger partial charge in [0.15, 0.2) is 0 Å². The van der Waals surface area contributed by atoms with Gasteiger partial charge in [-0.2, -0.15) is 0 Å². The first kappa shape index (κ1) is 14.6. The Morgan fingerprint density at radius 1 is 0.808 bits per heavy atom. The second-order valence-electron chi connectivity index (χ2n) is 7.14. The molecule has 0 fully saturated rings. The summed E-state index contributed by atoms with van der Waals surface area (Å²) < 4.78 is 3.70. The number of hydrogen-bond donors (Lipinski definition) is 0. The van der Waals surface area contributed by atoms with Gasteiger partial charge in [0, 0.05) is 27.5 Å². The molecule has 6 rings (SSSR count). The Morgan fingerprint density at radius 3 is 2.04 bits per heavy atom. The molecule has 124 valence electrons. The third-order valence-electron chi connectivity index (χ3n) is 5.69. The van der Waals surface area contributed by atoms with Gasteiger partial charge in [-0.3, -0.25) is 0 Å². The van der Waals surface area contributed by atoms with Crippen molar-refractivity contribution in [1.82, 2.24) is 4.40 Å². The standard InChI is InChI=1S/C24H16BrN/c25-17-7-5-6-15(12-17)16-13-20-18-8-1-3-10-22(18)26-23-11-4-2-9-19(23)21(14-16)24(20)26/h1-11,13-15H,12H2. The maximum atomic E-state index is 3.69. The maximum Gasteiger partial charge on any atom is 0.0620 e. The Hall–Kier alpha value is -2.58. The van der Waals surface area contributed by atoms with Crippen LogP contribution >= 0.6 is 15.9 Å². The fourth-order valence-corrected chi connectivity index (χ4v) is 5.06. The van der Waals surface area contributed by atoms with Crippen molar-refractivity contribution >= 4 is 54.0 Å². The normalized spacial score (nSPS) is 17.7. The second kappa shape index (κ2) is 5.21. The molecule has 1 atom stereocenters. The zero-order valence-electron chi connectivity index (χ0n) is 14.1. The van der Waals surface area contributed by atoms with E-state index in [2.05, 4.69) is 99.2 Å². The molecule has 0 spiro atoms. The third kappa shape index (κ3) is 1.85. The highest BCUT2D eigenvalue weighted by molar-refractivity contribution is 9.11. The molecule has 1 unspecified atom stereocenters. The average Bonchev–Trinajstić information content (AvgIpc) is 3.19. The highest BCUT2D eigenvalue weighted by atomic mass is 79.9. The Labute approximate surface area is 159 Å². The molecule has 0 radical (unpaired) electrons. The molecule has 2 heteroatoms. The van der Waals surface area contributed by atoms with Crippen LogP contribution in [-0.2, 0) is 0 Å². The van der Waals surface area contributed by atoms with Crippen molar-refractivity contribution < 1.29 is 0 Å². The predicted octanol–water partition coefficient (Wildman–Crippen LogP) is 7.16. The number of benzene rings is 3. The van der Waals surface area contributed by atoms with Crippen LogP contribution in [0.2, 0.25) is 0 Å². The summed E-state index contributed by atoms with van der Waals surface area (Å²) in [5, 5.41) is 5.41. The maximum absolute atomic E-state index is 3.69. The summed E-state index contributed by atoms with van der Waals surface area (Å²) in [6.07, 6.45) is 7.66. The van der Waals surface area contributed by atoms with Gasteiger partial charge in [0.2, 0.25) is 0 Å². The summed E-state index contributed by atoms with van der Waals surface area (Å²) in [5.41, 5.74) is 5.34. The second-order valence-corrected chi connectivity index (χ2v) is 8.16. The molecular formula is C24H16BrN. The number of rotatable bonds is 1. The van der Waals surface area contributed by atoms with E-state index in [1.165, 1.54) is 48.1 Å². The lowest BCUT2D eigenvalue weighted by molar-refractivity contribution is 0.850. The van der Waals surface area contributed by atoms with Crippen molar-refractivity contribution in [3.8, 4) is 0 Å². The number of halogens is 1. The molecule has 2 aromatic heterocycles. The van der Waals surface area contributed by atoms with Crippen molar-refractivity contribution in [3.05, 3.63) is 88.9 Å². The van der Waals surface area contributed by atoms with Crippen LogP contribution in [0.5, 0.6) is 0 Å². The SMILES string of the molecule is BrC1=CC=CC(c2cc3c4ccccc4n4c5ccccc5c(c2)c34)C1. The topological polar surface area (TPSA) is 4.41 Å². The van der Waals surface area contributed by atoms with Gasteiger partial charge in [0.05, 0.1) is 16.6 Å². The Kier molecular flexibility index (Phi) is 2.92. The van der Waals surface area contributed by atoms with Gasteiger partial charge < -0.3 is 4.40 Å². The summed E-state index contributed by atoms with van der Waals surface area (Å²) in [6.45, 7) is 0. The Bertz CT molecular complexity index is 1290. The lowest BCUT2D eigenvalue weighted by Crippen LogP contribution is -1.98. The first-order valence-corrected chi connectivity index (χ1v) is 9.80. The summed E-state index contributed by atoms with van der Waals surface area (Å²) in [5.74, 6) is 0.421. The van der Waals surface area contributed by atoms with Crippen LogP contribution in [0.1, 0.15) is 17.9 Å². The van der Waals surface area contributed by atoms with Gasteiger partial charge in [-0.15, -0.1) is 0 Å². The molecular weight excluding hydrogens is 382 g/mol. The summed E-state index contributed by atoms with van der Waals surface area (Å²) in [4.78, 5) is 0. The molecule has 0 saturated carbocycles. The summed E-state index contributed by atoms with van der Waals surface area (Å²) in [6, 6.07) is 22.4. The van der Waals surface area contributed by atoms with Crippen molar-refractivity contribution in [1.29, 1.82) is 0 Å². The van der Waals surface area contributed by atoms with Gasteiger partial charge in [0.1, 0.15) is 0 Å². The zero-order valence-corrected chi connectivity index (χ0v) is 15.7. The van der Waals surface area contributed by atoms with Crippen LogP contribution < -0.4 is 0 Å². The van der Waals surface area contributed by atoms with Crippen molar-refractivity contribution in [2.75, 3.05) is 0 Å². The lowest BCUT2D eigenvalue weighted by Gasteiger charge is -2.16. The van der Waals surface area contributed by atoms with Gasteiger partial charge in [-0.25, -0.2) is 0 Å². The molecule has 1 aliphatic rings. The zero-order chi connectivity index (χ0) is 17.3. The minimum Gasteiger partial charge on any atom is -0.308 e. The first-order valence-electron chi connectivity index (χ1n) is 9.01. The number of nitrogens with zero attached hydrogens (tertiary/aromatic N) is 1. The highest BCUT2D eigenvalue weighted by Gasteiger charge is 2.20. The summed E-state index contributed by atoms with van der Waals surface area (Å²) in [7, 11) is 0. The molecule has 1 nitrogen and oxygen atoms in total. The minimum absolute atomic E-state index is 0.421. The molecule has 2 heterocycles. The van der Waals surface area contributed by atoms with Gasteiger partial charge in [0.25, 0.3) is 0 Å². The average molecular weight is 398 g/mol. The molecule has 5 aromatic rings. The van der Waals surface area contributed by atoms with Crippen molar-refractivity contribution in [2.24, 2.45) is 0 Å². The van der Waals surface area contributed by atoms with E-state index >= 15 is 0 Å². The number of aromatic nitrogens is 1. The molecule has 0 saturated heterocycles. The van der Waals surface area contributed by atoms with Crippen LogP contribution in [-0.4, -0.2) is 4.40 Å². The quantitative estimate of drug-likeness (QED) is 0.282. The molecule has 0 amide bonds. The molecule has 0 N–H and O–H groups in total. The van der Waals surface area contributed by atoms with Crippen molar-refractivity contribution in [2.45, 2.75) is 12.3 Å². The lowest BCUT2D eigenvalue weighted by atomic mass is 9.90. The highest BCUT2D eigenvalue weighted by Crippen LogP contribution is 2.42. The third-order valence-corrected chi connectivity index (χ3v) is 6.28. The van der Waals surface area contributed by atoms with Gasteiger partial charge in [-0.1, -0.05) is 70.6 Å². The van der Waals surface area contributed by atoms with Gasteiger partial charge in [-0.05, 0) is 40.7 Å². The Balaban J connectivity index is 1.80. The molecule has 3 aromatic carbocycles. The fourth-order valence-electron chi connectivity index (χ4n) is 4.56. The van der Waals surface area contributed by atoms with E-state index in [0.717, 1.165) is 6.42 Å². The first-order chi connectivity index (χ1) is 12.8. The smallest absolute Gasteiger partial charge is 0.0620 e. The van der Waals surface area contributed by atoms with E-state index in [-0.39, 0.29) is 0 Å². The summed E-state index contributed by atoms with van der Waals surface area (Å²) >= 11 is 3.69. The number of allylic oxidation sites excluding steroid dienone is 4.